The van der Waals surface area contributed by atoms with Crippen molar-refractivity contribution in [1.82, 2.24) is 15.0 Å². The summed E-state index contributed by atoms with van der Waals surface area (Å²) < 4.78 is 5.06. The number of pyridine rings is 1. The van der Waals surface area contributed by atoms with E-state index in [-0.39, 0.29) is 5.91 Å². The minimum Gasteiger partial charge on any atom is -0.361 e. The van der Waals surface area contributed by atoms with E-state index >= 15 is 0 Å². The Balaban J connectivity index is 1.94. The summed E-state index contributed by atoms with van der Waals surface area (Å²) in [5, 5.41) is 5.04. The van der Waals surface area contributed by atoms with E-state index in [2.05, 4.69) is 23.1 Å². The van der Waals surface area contributed by atoms with E-state index in [1.165, 1.54) is 11.3 Å². The van der Waals surface area contributed by atoms with Gasteiger partial charge in [-0.1, -0.05) is 5.16 Å². The molecule has 0 radical (unpaired) electrons. The molecule has 3 rings (SSSR count). The van der Waals surface area contributed by atoms with Crippen LogP contribution in [0.25, 0.3) is 10.2 Å². The van der Waals surface area contributed by atoms with Crippen molar-refractivity contribution < 1.29 is 9.32 Å². The van der Waals surface area contributed by atoms with Gasteiger partial charge in [0, 0.05) is 24.2 Å². The van der Waals surface area contributed by atoms with Gasteiger partial charge < -0.3 is 9.42 Å². The van der Waals surface area contributed by atoms with Gasteiger partial charge in [-0.25, -0.2) is 4.98 Å². The van der Waals surface area contributed by atoms with Crippen LogP contribution in [0.15, 0.2) is 16.7 Å². The van der Waals surface area contributed by atoms with Crippen LogP contribution in [0.1, 0.15) is 37.9 Å². The van der Waals surface area contributed by atoms with E-state index in [9.17, 15) is 4.79 Å². The maximum Gasteiger partial charge on any atom is 0.264 e. The molecule has 0 aliphatic rings. The third kappa shape index (κ3) is 2.86. The van der Waals surface area contributed by atoms with E-state index in [4.69, 9.17) is 4.52 Å². The van der Waals surface area contributed by atoms with Crippen molar-refractivity contribution >= 4 is 27.5 Å². The predicted molar refractivity (Wildman–Crippen MR) is 90.9 cm³/mol. The molecule has 0 aromatic carbocycles. The summed E-state index contributed by atoms with van der Waals surface area (Å²) in [4.78, 5) is 20.7. The monoisotopic (exact) mass is 329 g/mol. The highest BCUT2D eigenvalue weighted by atomic mass is 32.1. The first-order chi connectivity index (χ1) is 10.9. The lowest BCUT2D eigenvalue weighted by Crippen LogP contribution is -2.26. The number of hydrogen-bond donors (Lipinski definition) is 0. The minimum absolute atomic E-state index is 0.0109. The summed E-state index contributed by atoms with van der Waals surface area (Å²) in [5.74, 6) is 0.734. The molecule has 6 heteroatoms. The first kappa shape index (κ1) is 15.7. The molecule has 0 N–H and O–H groups in total. The molecule has 0 atom stereocenters. The van der Waals surface area contributed by atoms with Crippen LogP contribution in [0, 0.1) is 27.7 Å². The molecule has 0 spiro atoms. The second kappa shape index (κ2) is 5.77. The number of nitrogens with zero attached hydrogens (tertiary/aromatic N) is 3. The number of carbonyl (C=O) groups is 1. The summed E-state index contributed by atoms with van der Waals surface area (Å²) >= 11 is 1.46. The molecule has 3 aromatic heterocycles. The van der Waals surface area contributed by atoms with Crippen LogP contribution in [0.5, 0.6) is 0 Å². The van der Waals surface area contributed by atoms with Gasteiger partial charge in [-0.05, 0) is 44.9 Å². The smallest absolute Gasteiger partial charge is 0.264 e. The van der Waals surface area contributed by atoms with E-state index in [1.807, 2.05) is 26.8 Å². The molecule has 23 heavy (non-hydrogen) atoms. The van der Waals surface area contributed by atoms with Crippen LogP contribution >= 0.6 is 11.3 Å². The van der Waals surface area contributed by atoms with E-state index < -0.39 is 0 Å². The van der Waals surface area contributed by atoms with Gasteiger partial charge in [0.1, 0.15) is 16.3 Å². The summed E-state index contributed by atoms with van der Waals surface area (Å²) in [5.41, 5.74) is 3.89. The molecule has 120 valence electrons. The number of rotatable bonds is 3. The number of carbonyl (C=O) groups excluding carboxylic acids is 1. The quantitative estimate of drug-likeness (QED) is 0.733. The zero-order valence-corrected chi connectivity index (χ0v) is 14.7. The normalized spacial score (nSPS) is 11.2. The largest absolute Gasteiger partial charge is 0.361 e. The molecule has 0 fully saturated rings. The molecule has 0 saturated heterocycles. The third-order valence-corrected chi connectivity index (χ3v) is 5.02. The van der Waals surface area contributed by atoms with Crippen LogP contribution in [0.4, 0.5) is 0 Å². The maximum absolute atomic E-state index is 12.8. The highest BCUT2D eigenvalue weighted by molar-refractivity contribution is 7.20. The number of aromatic nitrogens is 2. The van der Waals surface area contributed by atoms with E-state index in [1.54, 1.807) is 11.9 Å². The van der Waals surface area contributed by atoms with Gasteiger partial charge in [0.15, 0.2) is 0 Å². The first-order valence-electron chi connectivity index (χ1n) is 7.42. The average molecular weight is 329 g/mol. The predicted octanol–water partition coefficient (Wildman–Crippen LogP) is 3.79. The molecule has 3 heterocycles. The molecule has 0 saturated carbocycles. The number of hydrogen-bond acceptors (Lipinski definition) is 5. The lowest BCUT2D eigenvalue weighted by molar-refractivity contribution is 0.0786. The Morgan fingerprint density at radius 3 is 2.65 bits per heavy atom. The fraction of sp³-hybridized carbons (Fsp3) is 0.353. The molecule has 0 aliphatic carbocycles. The van der Waals surface area contributed by atoms with E-state index in [0.717, 1.165) is 43.4 Å². The Bertz CT molecular complexity index is 895. The van der Waals surface area contributed by atoms with Crippen LogP contribution in [0.2, 0.25) is 0 Å². The van der Waals surface area contributed by atoms with Crippen LogP contribution in [-0.2, 0) is 6.54 Å². The Morgan fingerprint density at radius 2 is 2.00 bits per heavy atom. The summed E-state index contributed by atoms with van der Waals surface area (Å²) in [6.07, 6.45) is 0. The fourth-order valence-electron chi connectivity index (χ4n) is 2.80. The standard InChI is InChI=1S/C17H19N3O2S/c1-9-6-10(2)18-16-14(9)12(4)15(23-16)17(21)20(5)8-13-7-11(3)22-19-13/h6-7H,8H2,1-5H3. The number of aryl methyl sites for hydroxylation is 4. The lowest BCUT2D eigenvalue weighted by atomic mass is 10.1. The number of fused-ring (bicyclic) bond motifs is 1. The second-order valence-corrected chi connectivity index (χ2v) is 6.91. The van der Waals surface area contributed by atoms with Crippen LogP contribution < -0.4 is 0 Å². The average Bonchev–Trinajstić information content (AvgIpc) is 3.01. The van der Waals surface area contributed by atoms with Crippen molar-refractivity contribution in [1.29, 1.82) is 0 Å². The number of thiophene rings is 1. The Kier molecular flexibility index (Phi) is 3.93. The van der Waals surface area contributed by atoms with Gasteiger partial charge in [0.05, 0.1) is 11.4 Å². The maximum atomic E-state index is 12.8. The zero-order chi connectivity index (χ0) is 16.7. The van der Waals surface area contributed by atoms with Crippen molar-refractivity contribution in [3.63, 3.8) is 0 Å². The molecule has 3 aromatic rings. The van der Waals surface area contributed by atoms with Crippen LogP contribution in [0.3, 0.4) is 0 Å². The molecular weight excluding hydrogens is 310 g/mol. The fourth-order valence-corrected chi connectivity index (χ4v) is 4.10. The summed E-state index contributed by atoms with van der Waals surface area (Å²) in [7, 11) is 1.78. The van der Waals surface area contributed by atoms with Crippen molar-refractivity contribution in [3.8, 4) is 0 Å². The van der Waals surface area contributed by atoms with Gasteiger partial charge in [-0.15, -0.1) is 11.3 Å². The molecular formula is C17H19N3O2S. The SMILES string of the molecule is Cc1cc(C)c2c(C)c(C(=O)N(C)Cc3cc(C)on3)sc2n1. The molecule has 0 unspecified atom stereocenters. The Hall–Kier alpha value is -2.21. The van der Waals surface area contributed by atoms with E-state index in [0.29, 0.717) is 6.54 Å². The topological polar surface area (TPSA) is 59.2 Å². The van der Waals surface area contributed by atoms with Crippen LogP contribution in [-0.4, -0.2) is 28.0 Å². The Morgan fingerprint density at radius 1 is 1.26 bits per heavy atom. The molecule has 0 aliphatic heterocycles. The van der Waals surface area contributed by atoms with Gasteiger partial charge in [0.2, 0.25) is 0 Å². The second-order valence-electron chi connectivity index (χ2n) is 5.91. The van der Waals surface area contributed by atoms with Gasteiger partial charge in [-0.2, -0.15) is 0 Å². The zero-order valence-electron chi connectivity index (χ0n) is 13.9. The molecule has 5 nitrogen and oxygen atoms in total. The highest BCUT2D eigenvalue weighted by Gasteiger charge is 2.21. The van der Waals surface area contributed by atoms with Gasteiger partial charge in [0.25, 0.3) is 5.91 Å². The van der Waals surface area contributed by atoms with Gasteiger partial charge in [-0.3, -0.25) is 4.79 Å². The number of amides is 1. The molecule has 1 amide bonds. The molecule has 0 bridgehead atoms. The minimum atomic E-state index is -0.0109. The van der Waals surface area contributed by atoms with Crippen molar-refractivity contribution in [3.05, 3.63) is 45.3 Å². The summed E-state index contributed by atoms with van der Waals surface area (Å²) in [6, 6.07) is 3.90. The van der Waals surface area contributed by atoms with Crippen molar-refractivity contribution in [2.24, 2.45) is 0 Å². The Labute approximate surface area is 138 Å². The van der Waals surface area contributed by atoms with Crippen molar-refractivity contribution in [2.45, 2.75) is 34.2 Å². The first-order valence-corrected chi connectivity index (χ1v) is 8.23. The van der Waals surface area contributed by atoms with Crippen molar-refractivity contribution in [2.75, 3.05) is 7.05 Å². The van der Waals surface area contributed by atoms with Gasteiger partial charge >= 0.3 is 0 Å². The third-order valence-electron chi connectivity index (χ3n) is 3.84. The highest BCUT2D eigenvalue weighted by Crippen LogP contribution is 2.33. The summed E-state index contributed by atoms with van der Waals surface area (Å²) in [6.45, 7) is 8.29. The lowest BCUT2D eigenvalue weighted by Gasteiger charge is -2.14.